The Morgan fingerprint density at radius 2 is 2.38 bits per heavy atom. The SMILES string of the molecule is C=CCC1(C(=O)O)CC2CCC1C2. The van der Waals surface area contributed by atoms with Crippen molar-refractivity contribution in [2.24, 2.45) is 17.3 Å². The lowest BCUT2D eigenvalue weighted by atomic mass is 9.71. The normalized spacial score (nSPS) is 42.2. The van der Waals surface area contributed by atoms with E-state index in [4.69, 9.17) is 0 Å². The molecule has 0 radical (unpaired) electrons. The first-order valence-electron chi connectivity index (χ1n) is 5.03. The lowest BCUT2D eigenvalue weighted by Crippen LogP contribution is -2.35. The smallest absolute Gasteiger partial charge is 0.310 e. The van der Waals surface area contributed by atoms with Gasteiger partial charge in [-0.25, -0.2) is 0 Å². The van der Waals surface area contributed by atoms with Gasteiger partial charge < -0.3 is 5.11 Å². The Labute approximate surface area is 78.6 Å². The van der Waals surface area contributed by atoms with Gasteiger partial charge in [-0.05, 0) is 37.5 Å². The second-order valence-electron chi connectivity index (χ2n) is 4.53. The van der Waals surface area contributed by atoms with E-state index in [1.165, 1.54) is 6.42 Å². The first kappa shape index (κ1) is 8.79. The Bertz CT molecular complexity index is 246. The third kappa shape index (κ3) is 1.11. The second kappa shape index (κ2) is 2.86. The lowest BCUT2D eigenvalue weighted by molar-refractivity contribution is -0.152. The zero-order chi connectivity index (χ0) is 9.47. The van der Waals surface area contributed by atoms with Gasteiger partial charge in [0.25, 0.3) is 0 Å². The first-order valence-corrected chi connectivity index (χ1v) is 5.03. The van der Waals surface area contributed by atoms with Crippen molar-refractivity contribution in [1.82, 2.24) is 0 Å². The molecule has 2 rings (SSSR count). The van der Waals surface area contributed by atoms with Crippen molar-refractivity contribution in [1.29, 1.82) is 0 Å². The van der Waals surface area contributed by atoms with E-state index in [-0.39, 0.29) is 0 Å². The zero-order valence-corrected chi connectivity index (χ0v) is 7.83. The summed E-state index contributed by atoms with van der Waals surface area (Å²) in [6.07, 6.45) is 6.82. The summed E-state index contributed by atoms with van der Waals surface area (Å²) in [5, 5.41) is 9.27. The third-order valence-corrected chi connectivity index (χ3v) is 3.91. The van der Waals surface area contributed by atoms with Crippen molar-refractivity contribution in [3.8, 4) is 0 Å². The van der Waals surface area contributed by atoms with Crippen molar-refractivity contribution in [2.45, 2.75) is 32.1 Å². The van der Waals surface area contributed by atoms with E-state index in [2.05, 4.69) is 6.58 Å². The van der Waals surface area contributed by atoms with E-state index in [0.717, 1.165) is 19.3 Å². The molecule has 0 aliphatic heterocycles. The van der Waals surface area contributed by atoms with Gasteiger partial charge in [0, 0.05) is 0 Å². The van der Waals surface area contributed by atoms with Gasteiger partial charge in [-0.2, -0.15) is 0 Å². The monoisotopic (exact) mass is 180 g/mol. The molecule has 2 aliphatic carbocycles. The number of carbonyl (C=O) groups is 1. The van der Waals surface area contributed by atoms with Crippen LogP contribution >= 0.6 is 0 Å². The average molecular weight is 180 g/mol. The minimum atomic E-state index is -0.598. The van der Waals surface area contributed by atoms with Gasteiger partial charge in [-0.1, -0.05) is 12.5 Å². The summed E-state index contributed by atoms with van der Waals surface area (Å²) in [4.78, 5) is 11.3. The molecule has 0 heterocycles. The van der Waals surface area contributed by atoms with E-state index in [0.29, 0.717) is 18.3 Å². The summed E-state index contributed by atoms with van der Waals surface area (Å²) in [7, 11) is 0. The number of hydrogen-bond donors (Lipinski definition) is 1. The molecule has 0 amide bonds. The fraction of sp³-hybridized carbons (Fsp3) is 0.727. The van der Waals surface area contributed by atoms with Crippen molar-refractivity contribution < 1.29 is 9.90 Å². The molecule has 0 aromatic heterocycles. The molecule has 2 nitrogen and oxygen atoms in total. The molecule has 3 atom stereocenters. The topological polar surface area (TPSA) is 37.3 Å². The van der Waals surface area contributed by atoms with Crippen LogP contribution in [-0.2, 0) is 4.79 Å². The maximum atomic E-state index is 11.3. The number of allylic oxidation sites excluding steroid dienone is 1. The summed E-state index contributed by atoms with van der Waals surface area (Å²) in [6, 6.07) is 0. The zero-order valence-electron chi connectivity index (χ0n) is 7.83. The van der Waals surface area contributed by atoms with Crippen LogP contribution < -0.4 is 0 Å². The maximum absolute atomic E-state index is 11.3. The highest BCUT2D eigenvalue weighted by molar-refractivity contribution is 5.76. The van der Waals surface area contributed by atoms with E-state index < -0.39 is 11.4 Å². The molecule has 2 fully saturated rings. The van der Waals surface area contributed by atoms with Crippen molar-refractivity contribution in [3.63, 3.8) is 0 Å². The molecule has 0 aromatic carbocycles. The fourth-order valence-corrected chi connectivity index (χ4v) is 3.30. The third-order valence-electron chi connectivity index (χ3n) is 3.91. The standard InChI is InChI=1S/C11H16O2/c1-2-5-11(10(12)13)7-8-3-4-9(11)6-8/h2,8-9H,1,3-7H2,(H,12,13). The Balaban J connectivity index is 2.24. The van der Waals surface area contributed by atoms with E-state index in [9.17, 15) is 9.90 Å². The highest BCUT2D eigenvalue weighted by atomic mass is 16.4. The maximum Gasteiger partial charge on any atom is 0.310 e. The predicted molar refractivity (Wildman–Crippen MR) is 50.3 cm³/mol. The van der Waals surface area contributed by atoms with Gasteiger partial charge in [0.05, 0.1) is 5.41 Å². The van der Waals surface area contributed by atoms with Gasteiger partial charge in [0.15, 0.2) is 0 Å². The molecule has 0 spiro atoms. The molecule has 72 valence electrons. The Kier molecular flexibility index (Phi) is 1.94. The molecular weight excluding hydrogens is 164 g/mol. The van der Waals surface area contributed by atoms with Gasteiger partial charge in [-0.3, -0.25) is 4.79 Å². The molecule has 2 heteroatoms. The first-order chi connectivity index (χ1) is 6.19. The molecule has 2 aliphatic rings. The van der Waals surface area contributed by atoms with Gasteiger partial charge in [0.2, 0.25) is 0 Å². The van der Waals surface area contributed by atoms with Crippen LogP contribution in [0.2, 0.25) is 0 Å². The summed E-state index contributed by atoms with van der Waals surface area (Å²) in [5.41, 5.74) is -0.440. The predicted octanol–water partition coefficient (Wildman–Crippen LogP) is 2.45. The summed E-state index contributed by atoms with van der Waals surface area (Å²) >= 11 is 0. The van der Waals surface area contributed by atoms with E-state index in [1.54, 1.807) is 6.08 Å². The minimum absolute atomic E-state index is 0.424. The summed E-state index contributed by atoms with van der Waals surface area (Å²) in [6.45, 7) is 3.67. The molecular formula is C11H16O2. The second-order valence-corrected chi connectivity index (χ2v) is 4.53. The van der Waals surface area contributed by atoms with Gasteiger partial charge in [-0.15, -0.1) is 6.58 Å². The van der Waals surface area contributed by atoms with Crippen LogP contribution in [0, 0.1) is 17.3 Å². The Morgan fingerprint density at radius 1 is 1.62 bits per heavy atom. The van der Waals surface area contributed by atoms with Gasteiger partial charge in [0.1, 0.15) is 0 Å². The van der Waals surface area contributed by atoms with Crippen molar-refractivity contribution in [3.05, 3.63) is 12.7 Å². The molecule has 2 bridgehead atoms. The highest BCUT2D eigenvalue weighted by Gasteiger charge is 2.54. The van der Waals surface area contributed by atoms with Crippen LogP contribution in [-0.4, -0.2) is 11.1 Å². The number of fused-ring (bicyclic) bond motifs is 2. The number of hydrogen-bond acceptors (Lipinski definition) is 1. The van der Waals surface area contributed by atoms with Crippen molar-refractivity contribution >= 4 is 5.97 Å². The number of aliphatic carboxylic acids is 1. The minimum Gasteiger partial charge on any atom is -0.481 e. The number of carboxylic acid groups (broad SMARTS) is 1. The largest absolute Gasteiger partial charge is 0.481 e. The lowest BCUT2D eigenvalue weighted by Gasteiger charge is -2.32. The number of rotatable bonds is 3. The quantitative estimate of drug-likeness (QED) is 0.677. The molecule has 0 saturated heterocycles. The van der Waals surface area contributed by atoms with Crippen LogP contribution in [0.1, 0.15) is 32.1 Å². The molecule has 2 saturated carbocycles. The molecule has 13 heavy (non-hydrogen) atoms. The summed E-state index contributed by atoms with van der Waals surface area (Å²) < 4.78 is 0. The molecule has 1 N–H and O–H groups in total. The van der Waals surface area contributed by atoms with E-state index in [1.807, 2.05) is 0 Å². The Morgan fingerprint density at radius 3 is 2.77 bits per heavy atom. The molecule has 3 unspecified atom stereocenters. The van der Waals surface area contributed by atoms with Crippen LogP contribution in [0.25, 0.3) is 0 Å². The molecule has 0 aromatic rings. The van der Waals surface area contributed by atoms with Crippen LogP contribution in [0.3, 0.4) is 0 Å². The average Bonchev–Trinajstić information content (AvgIpc) is 2.64. The van der Waals surface area contributed by atoms with Crippen molar-refractivity contribution in [2.75, 3.05) is 0 Å². The summed E-state index contributed by atoms with van der Waals surface area (Å²) in [5.74, 6) is 0.508. The van der Waals surface area contributed by atoms with Crippen LogP contribution in [0.4, 0.5) is 0 Å². The fourth-order valence-electron chi connectivity index (χ4n) is 3.30. The Hall–Kier alpha value is -0.790. The van der Waals surface area contributed by atoms with Crippen LogP contribution in [0.5, 0.6) is 0 Å². The highest BCUT2D eigenvalue weighted by Crippen LogP contribution is 2.57. The number of carboxylic acids is 1. The van der Waals surface area contributed by atoms with Gasteiger partial charge >= 0.3 is 5.97 Å². The van der Waals surface area contributed by atoms with E-state index >= 15 is 0 Å². The van der Waals surface area contributed by atoms with Crippen LogP contribution in [0.15, 0.2) is 12.7 Å².